The van der Waals surface area contributed by atoms with Gasteiger partial charge in [-0.3, -0.25) is 0 Å². The number of ether oxygens (including phenoxy) is 2. The Kier molecular flexibility index (Phi) is 1.42. The minimum absolute atomic E-state index is 0.214. The maximum absolute atomic E-state index is 5.51. The molecule has 0 aromatic rings. The average Bonchev–Trinajstić information content (AvgIpc) is 2.39. The maximum Gasteiger partial charge on any atom is 0.209 e. The number of allylic oxidation sites excluding steroid dienone is 1. The zero-order valence-corrected chi connectivity index (χ0v) is 6.01. The van der Waals surface area contributed by atoms with Gasteiger partial charge in [-0.05, 0) is 18.9 Å². The largest absolute Gasteiger partial charge is 0.470 e. The second-order valence-electron chi connectivity index (χ2n) is 2.89. The third-order valence-corrected chi connectivity index (χ3v) is 2.14. The SMILES string of the molecule is C1=COC2(CC1)CCCO2. The fourth-order valence-electron chi connectivity index (χ4n) is 1.56. The highest BCUT2D eigenvalue weighted by Gasteiger charge is 2.36. The van der Waals surface area contributed by atoms with Gasteiger partial charge in [-0.15, -0.1) is 0 Å². The van der Waals surface area contributed by atoms with Gasteiger partial charge in [0.1, 0.15) is 0 Å². The molecular formula is C8H12O2. The van der Waals surface area contributed by atoms with Crippen molar-refractivity contribution in [3.8, 4) is 0 Å². The molecule has 2 nitrogen and oxygen atoms in total. The third-order valence-electron chi connectivity index (χ3n) is 2.14. The van der Waals surface area contributed by atoms with Crippen molar-refractivity contribution in [1.82, 2.24) is 0 Å². The van der Waals surface area contributed by atoms with Crippen LogP contribution in [0.5, 0.6) is 0 Å². The van der Waals surface area contributed by atoms with Gasteiger partial charge in [0.05, 0.1) is 12.9 Å². The normalized spacial score (nSPS) is 38.4. The number of hydrogen-bond donors (Lipinski definition) is 0. The molecule has 1 spiro atoms. The van der Waals surface area contributed by atoms with E-state index in [0.29, 0.717) is 0 Å². The molecule has 2 heteroatoms. The lowest BCUT2D eigenvalue weighted by atomic mass is 10.1. The summed E-state index contributed by atoms with van der Waals surface area (Å²) in [6, 6.07) is 0. The quantitative estimate of drug-likeness (QED) is 0.511. The van der Waals surface area contributed by atoms with E-state index in [1.165, 1.54) is 0 Å². The predicted octanol–water partition coefficient (Wildman–Crippen LogP) is 1.82. The van der Waals surface area contributed by atoms with E-state index < -0.39 is 0 Å². The number of hydrogen-bond acceptors (Lipinski definition) is 2. The molecular weight excluding hydrogens is 128 g/mol. The maximum atomic E-state index is 5.51. The Labute approximate surface area is 60.8 Å². The smallest absolute Gasteiger partial charge is 0.209 e. The summed E-state index contributed by atoms with van der Waals surface area (Å²) in [5.74, 6) is -0.214. The first-order chi connectivity index (χ1) is 4.91. The molecule has 1 fully saturated rings. The van der Waals surface area contributed by atoms with Crippen LogP contribution in [-0.2, 0) is 9.47 Å². The van der Waals surface area contributed by atoms with Crippen molar-refractivity contribution in [3.63, 3.8) is 0 Å². The van der Waals surface area contributed by atoms with Crippen LogP contribution < -0.4 is 0 Å². The molecule has 0 saturated carbocycles. The Hall–Kier alpha value is -0.500. The van der Waals surface area contributed by atoms with E-state index >= 15 is 0 Å². The van der Waals surface area contributed by atoms with Crippen molar-refractivity contribution in [1.29, 1.82) is 0 Å². The summed E-state index contributed by atoms with van der Waals surface area (Å²) in [6.45, 7) is 0.869. The molecule has 2 aliphatic heterocycles. The standard InChI is InChI=1S/C8H12O2/c1-2-6-9-8(4-1)5-3-7-10-8/h2,6H,1,3-5,7H2. The van der Waals surface area contributed by atoms with E-state index in [0.717, 1.165) is 32.3 Å². The summed E-state index contributed by atoms with van der Waals surface area (Å²) in [6.07, 6.45) is 8.16. The molecule has 0 bridgehead atoms. The molecule has 10 heavy (non-hydrogen) atoms. The van der Waals surface area contributed by atoms with Crippen molar-refractivity contribution < 1.29 is 9.47 Å². The molecule has 0 radical (unpaired) electrons. The lowest BCUT2D eigenvalue weighted by Crippen LogP contribution is -2.30. The van der Waals surface area contributed by atoms with Gasteiger partial charge in [0.15, 0.2) is 0 Å². The molecule has 1 unspecified atom stereocenters. The van der Waals surface area contributed by atoms with Crippen LogP contribution in [-0.4, -0.2) is 12.4 Å². The summed E-state index contributed by atoms with van der Waals surface area (Å²) in [7, 11) is 0. The third kappa shape index (κ3) is 0.926. The summed E-state index contributed by atoms with van der Waals surface area (Å²) in [5, 5.41) is 0. The molecule has 0 amide bonds. The fraction of sp³-hybridized carbons (Fsp3) is 0.750. The van der Waals surface area contributed by atoms with Crippen LogP contribution in [0.25, 0.3) is 0 Å². The molecule has 0 N–H and O–H groups in total. The van der Waals surface area contributed by atoms with Gasteiger partial charge >= 0.3 is 0 Å². The Morgan fingerprint density at radius 1 is 1.30 bits per heavy atom. The van der Waals surface area contributed by atoms with E-state index in [-0.39, 0.29) is 5.79 Å². The lowest BCUT2D eigenvalue weighted by molar-refractivity contribution is -0.185. The molecule has 2 rings (SSSR count). The summed E-state index contributed by atoms with van der Waals surface area (Å²) in [4.78, 5) is 0. The van der Waals surface area contributed by atoms with Gasteiger partial charge in [-0.2, -0.15) is 0 Å². The second kappa shape index (κ2) is 2.27. The topological polar surface area (TPSA) is 18.5 Å². The van der Waals surface area contributed by atoms with Gasteiger partial charge < -0.3 is 9.47 Å². The van der Waals surface area contributed by atoms with Crippen molar-refractivity contribution in [2.45, 2.75) is 31.5 Å². The Bertz CT molecular complexity index is 145. The van der Waals surface area contributed by atoms with Crippen LogP contribution in [0, 0.1) is 0 Å². The minimum Gasteiger partial charge on any atom is -0.470 e. The van der Waals surface area contributed by atoms with Crippen molar-refractivity contribution in [2.24, 2.45) is 0 Å². The molecule has 2 heterocycles. The van der Waals surface area contributed by atoms with Gasteiger partial charge in [0.25, 0.3) is 0 Å². The zero-order chi connectivity index (χ0) is 6.86. The van der Waals surface area contributed by atoms with Crippen LogP contribution in [0.1, 0.15) is 25.7 Å². The highest BCUT2D eigenvalue weighted by Crippen LogP contribution is 2.34. The predicted molar refractivity (Wildman–Crippen MR) is 37.4 cm³/mol. The van der Waals surface area contributed by atoms with Crippen LogP contribution >= 0.6 is 0 Å². The molecule has 56 valence electrons. The van der Waals surface area contributed by atoms with Crippen LogP contribution in [0.4, 0.5) is 0 Å². The van der Waals surface area contributed by atoms with E-state index in [2.05, 4.69) is 0 Å². The number of rotatable bonds is 0. The summed E-state index contributed by atoms with van der Waals surface area (Å²) >= 11 is 0. The molecule has 1 saturated heterocycles. The fourth-order valence-corrected chi connectivity index (χ4v) is 1.56. The van der Waals surface area contributed by atoms with Crippen LogP contribution in [0.15, 0.2) is 12.3 Å². The summed E-state index contributed by atoms with van der Waals surface area (Å²) in [5.41, 5.74) is 0. The first-order valence-corrected chi connectivity index (χ1v) is 3.88. The van der Waals surface area contributed by atoms with E-state index in [1.54, 1.807) is 6.26 Å². The van der Waals surface area contributed by atoms with Gasteiger partial charge in [-0.1, -0.05) is 0 Å². The molecule has 2 aliphatic rings. The Morgan fingerprint density at radius 3 is 2.90 bits per heavy atom. The molecule has 0 aliphatic carbocycles. The van der Waals surface area contributed by atoms with E-state index in [4.69, 9.17) is 9.47 Å². The highest BCUT2D eigenvalue weighted by atomic mass is 16.7. The molecule has 0 aromatic heterocycles. The minimum atomic E-state index is -0.214. The zero-order valence-electron chi connectivity index (χ0n) is 6.01. The first kappa shape index (κ1) is 6.23. The lowest BCUT2D eigenvalue weighted by Gasteiger charge is -2.29. The van der Waals surface area contributed by atoms with Gasteiger partial charge in [0.2, 0.25) is 5.79 Å². The van der Waals surface area contributed by atoms with Crippen molar-refractivity contribution in [3.05, 3.63) is 12.3 Å². The Morgan fingerprint density at radius 2 is 2.30 bits per heavy atom. The summed E-state index contributed by atoms with van der Waals surface area (Å²) < 4.78 is 10.9. The molecule has 1 atom stereocenters. The van der Waals surface area contributed by atoms with Gasteiger partial charge in [-0.25, -0.2) is 0 Å². The molecule has 0 aromatic carbocycles. The Balaban J connectivity index is 2.06. The van der Waals surface area contributed by atoms with Crippen LogP contribution in [0.2, 0.25) is 0 Å². The monoisotopic (exact) mass is 140 g/mol. The van der Waals surface area contributed by atoms with Crippen molar-refractivity contribution >= 4 is 0 Å². The van der Waals surface area contributed by atoms with Crippen molar-refractivity contribution in [2.75, 3.05) is 6.61 Å². The van der Waals surface area contributed by atoms with Crippen LogP contribution in [0.3, 0.4) is 0 Å². The van der Waals surface area contributed by atoms with E-state index in [9.17, 15) is 0 Å². The van der Waals surface area contributed by atoms with E-state index in [1.807, 2.05) is 6.08 Å². The highest BCUT2D eigenvalue weighted by molar-refractivity contribution is 4.89. The first-order valence-electron chi connectivity index (χ1n) is 3.88. The second-order valence-corrected chi connectivity index (χ2v) is 2.89. The van der Waals surface area contributed by atoms with Gasteiger partial charge in [0, 0.05) is 12.8 Å². The average molecular weight is 140 g/mol.